The Morgan fingerprint density at radius 3 is 2.31 bits per heavy atom. The highest BCUT2D eigenvalue weighted by Gasteiger charge is 2.09. The molecule has 0 aliphatic carbocycles. The molecule has 2 nitrogen and oxygen atoms in total. The van der Waals surface area contributed by atoms with Crippen molar-refractivity contribution in [1.82, 2.24) is 0 Å². The molecule has 0 spiro atoms. The molecular formula is C11H24O2. The molecule has 0 saturated carbocycles. The third kappa shape index (κ3) is 9.84. The highest BCUT2D eigenvalue weighted by molar-refractivity contribution is 4.60. The molecule has 0 fully saturated rings. The Morgan fingerprint density at radius 2 is 1.85 bits per heavy atom. The van der Waals surface area contributed by atoms with Gasteiger partial charge in [0.15, 0.2) is 0 Å². The van der Waals surface area contributed by atoms with Crippen LogP contribution >= 0.6 is 0 Å². The van der Waals surface area contributed by atoms with Gasteiger partial charge in [0.05, 0.1) is 11.7 Å². The van der Waals surface area contributed by atoms with Crippen LogP contribution in [-0.4, -0.2) is 23.4 Å². The van der Waals surface area contributed by atoms with E-state index in [2.05, 4.69) is 27.7 Å². The molecule has 0 rings (SSSR count). The predicted octanol–water partition coefficient (Wildman–Crippen LogP) is 2.74. The lowest BCUT2D eigenvalue weighted by molar-refractivity contribution is -0.00890. The Morgan fingerprint density at radius 1 is 1.23 bits per heavy atom. The number of ether oxygens (including phenoxy) is 1. The van der Waals surface area contributed by atoms with Gasteiger partial charge in [-0.1, -0.05) is 13.3 Å². The van der Waals surface area contributed by atoms with Crippen molar-refractivity contribution in [3.05, 3.63) is 0 Å². The fourth-order valence-electron chi connectivity index (χ4n) is 1.17. The molecule has 1 N–H and O–H groups in total. The summed E-state index contributed by atoms with van der Waals surface area (Å²) < 4.78 is 5.55. The number of hydrogen-bond donors (Lipinski definition) is 1. The maximum Gasteiger partial charge on any atom is 0.0598 e. The Kier molecular flexibility index (Phi) is 6.35. The van der Waals surface area contributed by atoms with E-state index in [1.807, 2.05) is 0 Å². The van der Waals surface area contributed by atoms with Crippen molar-refractivity contribution < 1.29 is 9.84 Å². The SMILES string of the molecule is CCCC(O)CCCOC(C)(C)C. The summed E-state index contributed by atoms with van der Waals surface area (Å²) in [5, 5.41) is 9.42. The van der Waals surface area contributed by atoms with Gasteiger partial charge in [-0.15, -0.1) is 0 Å². The molecule has 1 atom stereocenters. The van der Waals surface area contributed by atoms with Gasteiger partial charge < -0.3 is 9.84 Å². The summed E-state index contributed by atoms with van der Waals surface area (Å²) in [6.07, 6.45) is 3.66. The van der Waals surface area contributed by atoms with Crippen molar-refractivity contribution in [1.29, 1.82) is 0 Å². The lowest BCUT2D eigenvalue weighted by Crippen LogP contribution is -2.20. The number of aliphatic hydroxyl groups excluding tert-OH is 1. The summed E-state index contributed by atoms with van der Waals surface area (Å²) in [6.45, 7) is 9.00. The van der Waals surface area contributed by atoms with Crippen molar-refractivity contribution in [2.75, 3.05) is 6.61 Å². The molecule has 0 heterocycles. The van der Waals surface area contributed by atoms with Crippen LogP contribution in [-0.2, 0) is 4.74 Å². The van der Waals surface area contributed by atoms with E-state index in [9.17, 15) is 5.11 Å². The summed E-state index contributed by atoms with van der Waals surface area (Å²) in [4.78, 5) is 0. The topological polar surface area (TPSA) is 29.5 Å². The minimum Gasteiger partial charge on any atom is -0.393 e. The Balaban J connectivity index is 3.25. The van der Waals surface area contributed by atoms with Crippen LogP contribution in [0.15, 0.2) is 0 Å². The lowest BCUT2D eigenvalue weighted by Gasteiger charge is -2.19. The van der Waals surface area contributed by atoms with Crippen molar-refractivity contribution >= 4 is 0 Å². The van der Waals surface area contributed by atoms with Gasteiger partial charge in [0.1, 0.15) is 0 Å². The summed E-state index contributed by atoms with van der Waals surface area (Å²) in [7, 11) is 0. The average molecular weight is 188 g/mol. The molecule has 0 saturated heterocycles. The van der Waals surface area contributed by atoms with E-state index in [4.69, 9.17) is 4.74 Å². The molecule has 0 radical (unpaired) electrons. The van der Waals surface area contributed by atoms with E-state index in [1.165, 1.54) is 0 Å². The van der Waals surface area contributed by atoms with Crippen LogP contribution in [0, 0.1) is 0 Å². The number of aliphatic hydroxyl groups is 1. The molecule has 0 amide bonds. The van der Waals surface area contributed by atoms with Crippen LogP contribution in [0.2, 0.25) is 0 Å². The average Bonchev–Trinajstić information content (AvgIpc) is 1.97. The third-order valence-electron chi connectivity index (χ3n) is 1.84. The van der Waals surface area contributed by atoms with E-state index in [-0.39, 0.29) is 11.7 Å². The van der Waals surface area contributed by atoms with E-state index in [0.29, 0.717) is 0 Å². The van der Waals surface area contributed by atoms with Gasteiger partial charge in [0.25, 0.3) is 0 Å². The first-order valence-electron chi connectivity index (χ1n) is 5.27. The summed E-state index contributed by atoms with van der Waals surface area (Å²) in [6, 6.07) is 0. The van der Waals surface area contributed by atoms with Crippen molar-refractivity contribution in [3.63, 3.8) is 0 Å². The molecular weight excluding hydrogens is 164 g/mol. The van der Waals surface area contributed by atoms with Crippen molar-refractivity contribution in [2.24, 2.45) is 0 Å². The molecule has 1 unspecified atom stereocenters. The molecule has 13 heavy (non-hydrogen) atoms. The Bertz CT molecular complexity index is 116. The zero-order valence-electron chi connectivity index (χ0n) is 9.47. The number of rotatable bonds is 6. The fourth-order valence-corrected chi connectivity index (χ4v) is 1.17. The zero-order chi connectivity index (χ0) is 10.3. The van der Waals surface area contributed by atoms with Gasteiger partial charge in [-0.05, 0) is 40.0 Å². The number of hydrogen-bond acceptors (Lipinski definition) is 2. The van der Waals surface area contributed by atoms with Gasteiger partial charge in [-0.3, -0.25) is 0 Å². The Hall–Kier alpha value is -0.0800. The molecule has 0 aliphatic rings. The summed E-state index contributed by atoms with van der Waals surface area (Å²) >= 11 is 0. The first-order chi connectivity index (χ1) is 5.95. The normalized spacial score (nSPS) is 14.5. The molecule has 0 bridgehead atoms. The lowest BCUT2D eigenvalue weighted by atomic mass is 10.1. The molecule has 80 valence electrons. The second-order valence-electron chi connectivity index (χ2n) is 4.55. The first kappa shape index (κ1) is 12.9. The van der Waals surface area contributed by atoms with Crippen LogP contribution in [0.3, 0.4) is 0 Å². The van der Waals surface area contributed by atoms with Crippen LogP contribution < -0.4 is 0 Å². The van der Waals surface area contributed by atoms with E-state index < -0.39 is 0 Å². The molecule has 0 aromatic rings. The standard InChI is InChI=1S/C11H24O2/c1-5-7-10(12)8-6-9-13-11(2,3)4/h10,12H,5-9H2,1-4H3. The van der Waals surface area contributed by atoms with Gasteiger partial charge in [0.2, 0.25) is 0 Å². The summed E-state index contributed by atoms with van der Waals surface area (Å²) in [5.74, 6) is 0. The fraction of sp³-hybridized carbons (Fsp3) is 1.00. The predicted molar refractivity (Wildman–Crippen MR) is 55.9 cm³/mol. The minimum atomic E-state index is -0.131. The molecule has 2 heteroatoms. The molecule has 0 aliphatic heterocycles. The van der Waals surface area contributed by atoms with Gasteiger partial charge in [0, 0.05) is 6.61 Å². The minimum absolute atomic E-state index is 0.0459. The second kappa shape index (κ2) is 6.39. The maximum absolute atomic E-state index is 9.42. The van der Waals surface area contributed by atoms with Gasteiger partial charge in [-0.25, -0.2) is 0 Å². The van der Waals surface area contributed by atoms with Crippen molar-refractivity contribution in [3.8, 4) is 0 Å². The van der Waals surface area contributed by atoms with Crippen molar-refractivity contribution in [2.45, 2.75) is 65.1 Å². The highest BCUT2D eigenvalue weighted by Crippen LogP contribution is 2.09. The molecule has 0 aromatic carbocycles. The highest BCUT2D eigenvalue weighted by atomic mass is 16.5. The third-order valence-corrected chi connectivity index (χ3v) is 1.84. The van der Waals surface area contributed by atoms with Gasteiger partial charge >= 0.3 is 0 Å². The maximum atomic E-state index is 9.42. The van der Waals surface area contributed by atoms with Crippen LogP contribution in [0.25, 0.3) is 0 Å². The van der Waals surface area contributed by atoms with Crippen LogP contribution in [0.1, 0.15) is 53.4 Å². The van der Waals surface area contributed by atoms with Gasteiger partial charge in [-0.2, -0.15) is 0 Å². The van der Waals surface area contributed by atoms with E-state index >= 15 is 0 Å². The first-order valence-corrected chi connectivity index (χ1v) is 5.27. The quantitative estimate of drug-likeness (QED) is 0.649. The Labute approximate surface area is 82.3 Å². The van der Waals surface area contributed by atoms with Crippen LogP contribution in [0.4, 0.5) is 0 Å². The van der Waals surface area contributed by atoms with E-state index in [0.717, 1.165) is 32.3 Å². The zero-order valence-corrected chi connectivity index (χ0v) is 9.47. The summed E-state index contributed by atoms with van der Waals surface area (Å²) in [5.41, 5.74) is -0.0459. The van der Waals surface area contributed by atoms with E-state index in [1.54, 1.807) is 0 Å². The smallest absolute Gasteiger partial charge is 0.0598 e. The largest absolute Gasteiger partial charge is 0.393 e. The molecule has 0 aromatic heterocycles. The monoisotopic (exact) mass is 188 g/mol. The van der Waals surface area contributed by atoms with Crippen LogP contribution in [0.5, 0.6) is 0 Å². The second-order valence-corrected chi connectivity index (χ2v) is 4.55.